The van der Waals surface area contributed by atoms with E-state index in [4.69, 9.17) is 49.6 Å². The van der Waals surface area contributed by atoms with Gasteiger partial charge in [0.25, 0.3) is 11.8 Å². The van der Waals surface area contributed by atoms with Gasteiger partial charge in [0.1, 0.15) is 35.4 Å². The first-order valence-corrected chi connectivity index (χ1v) is 37.5. The van der Waals surface area contributed by atoms with Crippen LogP contribution >= 0.6 is 12.4 Å². The molecule has 4 aliphatic heterocycles. The Morgan fingerprint density at radius 3 is 1.51 bits per heavy atom. The van der Waals surface area contributed by atoms with Crippen LogP contribution in [0.25, 0.3) is 34.2 Å². The molecule has 4 spiro atoms. The number of nitrogens with one attached hydrogen (secondary N) is 1. The van der Waals surface area contributed by atoms with Crippen molar-refractivity contribution in [3.05, 3.63) is 151 Å². The zero-order valence-electron chi connectivity index (χ0n) is 65.0. The molecule has 8 aromatic rings. The first-order valence-electron chi connectivity index (χ1n) is 37.5. The minimum atomic E-state index is -0.931. The van der Waals surface area contributed by atoms with Crippen LogP contribution < -0.4 is 16.9 Å². The number of Topliss-reactive ketones (excluding diaryl/α,β-unsaturated/α-hetero) is 2. The molecule has 36 nitrogen and oxygen atoms in total. The molecule has 8 aromatic heterocycles. The fraction of sp³-hybridized carbons (Fsp3) is 0.487. The van der Waals surface area contributed by atoms with Crippen LogP contribution in [0.3, 0.4) is 0 Å². The molecule has 0 unspecified atom stereocenters. The molecular weight excluding hydrogens is 1510 g/mol. The number of hydroxylamine groups is 2. The number of nitrogens with zero attached hydrogens (tertiary/aromatic N) is 17. The topological polar surface area (TPSA) is 513 Å². The Hall–Kier alpha value is -11.7. The van der Waals surface area contributed by atoms with E-state index in [0.717, 1.165) is 81.9 Å². The third kappa shape index (κ3) is 23.7. The van der Waals surface area contributed by atoms with Crippen LogP contribution in [0.5, 0.6) is 0 Å². The van der Waals surface area contributed by atoms with Gasteiger partial charge >= 0.3 is 18.2 Å². The molecule has 8 aliphatic rings. The summed E-state index contributed by atoms with van der Waals surface area (Å²) in [5.74, 6) is 3.25. The molecule has 0 radical (unpaired) electrons. The van der Waals surface area contributed by atoms with Crippen molar-refractivity contribution in [3.8, 4) is 40.2 Å². The summed E-state index contributed by atoms with van der Waals surface area (Å²) in [6.07, 6.45) is 29.5. The Bertz CT molecular complexity index is 4620. The van der Waals surface area contributed by atoms with E-state index in [1.54, 1.807) is 113 Å². The van der Waals surface area contributed by atoms with Gasteiger partial charge in [0.2, 0.25) is 47.2 Å². The molecular formula is C78H97ClN20O16. The van der Waals surface area contributed by atoms with Gasteiger partial charge in [0.05, 0.1) is 24.1 Å². The Morgan fingerprint density at radius 2 is 1.10 bits per heavy atom. The van der Waals surface area contributed by atoms with Crippen LogP contribution in [-0.4, -0.2) is 206 Å². The molecule has 4 saturated heterocycles. The maximum Gasteiger partial charge on any atom is 0.411 e. The number of aliphatic carboxylic acids is 1. The van der Waals surface area contributed by atoms with E-state index in [-0.39, 0.29) is 82.4 Å². The van der Waals surface area contributed by atoms with Crippen LogP contribution in [0, 0.1) is 38.9 Å². The van der Waals surface area contributed by atoms with Crippen molar-refractivity contribution < 1.29 is 77.3 Å². The second kappa shape index (κ2) is 38.5. The average Bonchev–Trinajstić information content (AvgIpc) is 1.60. The molecule has 12 heterocycles. The van der Waals surface area contributed by atoms with Gasteiger partial charge in [-0.3, -0.25) is 59.1 Å². The molecule has 5 atom stereocenters. The summed E-state index contributed by atoms with van der Waals surface area (Å²) in [7, 11) is 0. The summed E-state index contributed by atoms with van der Waals surface area (Å²) in [4.78, 5) is 123. The fourth-order valence-corrected chi connectivity index (χ4v) is 13.8. The second-order valence-electron chi connectivity index (χ2n) is 31.7. The van der Waals surface area contributed by atoms with Crippen LogP contribution in [-0.2, 0) is 23.9 Å². The molecule has 8 fully saturated rings. The molecule has 4 aliphatic carbocycles. The third-order valence-corrected chi connectivity index (χ3v) is 20.6. The molecule has 4 saturated carbocycles. The summed E-state index contributed by atoms with van der Waals surface area (Å²) in [5.41, 5.74) is 8.02. The van der Waals surface area contributed by atoms with E-state index in [2.05, 4.69) is 71.7 Å². The number of hydrogen-bond donors (Lipinski definition) is 7. The number of nitrogens with two attached hydrogens (primary N) is 2. The van der Waals surface area contributed by atoms with Gasteiger partial charge in [-0.05, 0) is 207 Å². The maximum atomic E-state index is 13.5. The summed E-state index contributed by atoms with van der Waals surface area (Å²) in [6.45, 7) is 15.4. The van der Waals surface area contributed by atoms with Gasteiger partial charge in [-0.2, -0.15) is 20.2 Å². The number of hydrogen-bond acceptors (Lipinski definition) is 30. The SMILES string of the molecule is CC(C)(C)OC(=O)N1CC2(CC2)C[C@H]1C(=O)O.CC(C)(C)OC(=O)N1CC2(CC2)C[C@H]1C(=O)c1nc(-c2cccnc2)no1.CCCC[C@H](CN(O)C=O)C(=O)N1CC2(CC2)C[C@H]1c1nc(-c2cccnc2)no1.Cl.N#Cc1cccnc1.NC(=NO)c1cccnc1.NO.O=C(c1nc(-c2cccnc2)no1)[C@@H]1CC2(CC2)CN1. The number of carbonyl (C=O) groups is 7. The van der Waals surface area contributed by atoms with Crippen molar-refractivity contribution >= 4 is 60.3 Å². The summed E-state index contributed by atoms with van der Waals surface area (Å²) >= 11 is 0. The number of carboxylic acid groups (broad SMARTS) is 1. The number of ketones is 2. The largest absolute Gasteiger partial charge is 0.480 e. The Balaban J connectivity index is 0.000000164. The molecule has 37 heteroatoms. The quantitative estimate of drug-likeness (QED) is 0.00847. The minimum absolute atomic E-state index is 0. The number of nitriles is 1. The molecule has 612 valence electrons. The van der Waals surface area contributed by atoms with Crippen LogP contribution in [0.1, 0.15) is 189 Å². The van der Waals surface area contributed by atoms with E-state index in [1.807, 2.05) is 56.9 Å². The normalized spacial score (nSPS) is 19.6. The zero-order chi connectivity index (χ0) is 82.0. The highest BCUT2D eigenvalue weighted by Crippen LogP contribution is 2.59. The number of carbonyl (C=O) groups excluding carboxylic acids is 6. The first kappa shape index (κ1) is 87.3. The summed E-state index contributed by atoms with van der Waals surface area (Å²) < 4.78 is 26.6. The number of aromatic nitrogens is 11. The first-order chi connectivity index (χ1) is 54.6. The Morgan fingerprint density at radius 1 is 0.643 bits per heavy atom. The van der Waals surface area contributed by atoms with Gasteiger partial charge in [-0.1, -0.05) is 40.4 Å². The predicted molar refractivity (Wildman–Crippen MR) is 410 cm³/mol. The highest BCUT2D eigenvalue weighted by Gasteiger charge is 2.59. The lowest BCUT2D eigenvalue weighted by molar-refractivity contribution is -0.157. The van der Waals surface area contributed by atoms with Crippen molar-refractivity contribution in [1.29, 1.82) is 5.26 Å². The second-order valence-corrected chi connectivity index (χ2v) is 31.7. The van der Waals surface area contributed by atoms with E-state index in [0.29, 0.717) is 95.8 Å². The Labute approximate surface area is 669 Å². The van der Waals surface area contributed by atoms with Crippen molar-refractivity contribution in [2.75, 3.05) is 32.7 Å². The minimum Gasteiger partial charge on any atom is -0.480 e. The number of amides is 4. The van der Waals surface area contributed by atoms with E-state index in [9.17, 15) is 38.8 Å². The number of ether oxygens (including phenoxy) is 2. The fourth-order valence-electron chi connectivity index (χ4n) is 13.8. The lowest BCUT2D eigenvalue weighted by Crippen LogP contribution is -2.43. The molecule has 0 aromatic carbocycles. The van der Waals surface area contributed by atoms with Gasteiger partial charge in [-0.15, -0.1) is 12.4 Å². The van der Waals surface area contributed by atoms with Crippen molar-refractivity contribution in [1.82, 2.24) is 80.4 Å². The van der Waals surface area contributed by atoms with Crippen molar-refractivity contribution in [2.45, 2.75) is 180 Å². The monoisotopic (exact) mass is 1600 g/mol. The maximum absolute atomic E-state index is 13.5. The number of rotatable bonds is 17. The number of halogens is 1. The van der Waals surface area contributed by atoms with Crippen LogP contribution in [0.2, 0.25) is 0 Å². The lowest BCUT2D eigenvalue weighted by Gasteiger charge is -2.28. The Kier molecular flexibility index (Phi) is 29.2. The van der Waals surface area contributed by atoms with Gasteiger partial charge < -0.3 is 54.5 Å². The van der Waals surface area contributed by atoms with Crippen molar-refractivity contribution in [2.24, 2.45) is 44.4 Å². The van der Waals surface area contributed by atoms with E-state index in [1.165, 1.54) is 35.0 Å². The molecule has 115 heavy (non-hydrogen) atoms. The molecule has 0 bridgehead atoms. The summed E-state index contributed by atoms with van der Waals surface area (Å²) in [5, 5.41) is 60.3. The van der Waals surface area contributed by atoms with Crippen LogP contribution in [0.4, 0.5) is 9.59 Å². The van der Waals surface area contributed by atoms with Gasteiger partial charge in [-0.25, -0.2) is 25.3 Å². The standard InChI is InChI=1S/C21H27N5O4.C19H22N4O4.C14H14N4O2.C12H19NO4.C6H7N3O.C6H4N2.ClH.H3NO/c1-2-3-5-16(12-25(29)14-27)20(28)26-13-21(7-8-21)10-17(26)19-23-18(24-30-19)15-6-4-9-22-11-15;1-18(2,3)26-17(25)23-11-19(6-7-19)9-13(23)14(24)16-21-15(22-27-16)12-5-4-8-20-10-12;19-11(10-6-14(3-4-14)8-16-10)13-17-12(18-20-13)9-2-1-5-15-7-9;1-11(2,3)17-10(16)13-7-12(4-5-12)6-8(13)9(14)15;7-6(9-10)5-2-1-3-8-4-5;7-4-6-2-1-3-8-5-6;;1-2/h4,6,9,11,14,16-17,29H,2-3,5,7-8,10,12-13H2,1H3;4-5,8,10,13H,6-7,9,11H2,1-3H3;1-2,5,7,10,16H,3-4,6,8H2;8H,4-7H2,1-3H3,(H,14,15);1-4,10H,(H2,7,9);1-3,5H;1H;2H,1H2/t16-,17+;13-;10-;8-;;;;/m1000..../s1. The molecule has 4 amide bonds. The van der Waals surface area contributed by atoms with E-state index >= 15 is 0 Å². The van der Waals surface area contributed by atoms with Crippen LogP contribution in [0.15, 0.2) is 141 Å². The van der Waals surface area contributed by atoms with Gasteiger partial charge in [0, 0.05) is 110 Å². The highest BCUT2D eigenvalue weighted by atomic mass is 35.5. The number of unbranched alkanes of at least 4 members (excludes halogenated alkanes) is 1. The highest BCUT2D eigenvalue weighted by molar-refractivity contribution is 5.99. The zero-order valence-corrected chi connectivity index (χ0v) is 65.8. The average molecular weight is 1610 g/mol. The number of pyridine rings is 5. The predicted octanol–water partition coefficient (Wildman–Crippen LogP) is 10.1. The number of oxime groups is 1. The van der Waals surface area contributed by atoms with E-state index < -0.39 is 47.4 Å². The third-order valence-electron chi connectivity index (χ3n) is 20.6. The molecule has 16 rings (SSSR count). The van der Waals surface area contributed by atoms with Crippen molar-refractivity contribution in [3.63, 3.8) is 0 Å². The lowest BCUT2D eigenvalue weighted by atomic mass is 9.99. The molecule has 9 N–H and O–H groups in total. The summed E-state index contributed by atoms with van der Waals surface area (Å²) in [6, 6.07) is 17.9. The number of likely N-dealkylation sites (tertiary alicyclic amines) is 3. The number of carboxylic acids is 1. The number of amidine groups is 1. The smallest absolute Gasteiger partial charge is 0.411 e. The van der Waals surface area contributed by atoms with Gasteiger partial charge in [0.15, 0.2) is 5.84 Å².